The Balaban J connectivity index is 0.985. The summed E-state index contributed by atoms with van der Waals surface area (Å²) in [5.74, 6) is 0. The van der Waals surface area contributed by atoms with E-state index in [1.165, 1.54) is 66.1 Å². The van der Waals surface area contributed by atoms with Crippen molar-refractivity contribution < 1.29 is 8.83 Å². The molecule has 18 aromatic rings. The number of aromatic nitrogens is 1. The lowest BCUT2D eigenvalue weighted by atomic mass is 9.33. The van der Waals surface area contributed by atoms with Crippen molar-refractivity contribution in [1.29, 1.82) is 0 Å². The molecule has 0 aliphatic carbocycles. The van der Waals surface area contributed by atoms with Crippen molar-refractivity contribution in [3.63, 3.8) is 0 Å². The van der Waals surface area contributed by atoms with Crippen LogP contribution in [0.5, 0.6) is 0 Å². The number of benzene rings is 15. The molecule has 2 aliphatic heterocycles. The number of fused-ring (bicyclic) bond motifs is 13. The first-order chi connectivity index (χ1) is 54.1. The monoisotopic (exact) mass is 1450 g/mol. The standard InChI is InChI=1S/C106H88BN3O2/c1-103(2,3)71-50-54-89-83(57-71)76-39-22-25-44-88(76)108(89)75-51-52-86-91(64-75)110(101-81(66-33-18-14-19-34-66)58-72(104(4,5)6)59-82(101)67-35-20-15-21-36-67)93-63-74(106(10,11)12)62-92-100(93)107(86)87-56-70(69-38-28-37-68(55-69)65-31-16-13-17-32-65)49-53-90(87)109(92)102-84(77-42-29-47-96-98(77)79-40-23-26-45-94(79)111-96)60-73(105(7,8)9)61-85(102)78-43-30-48-97-99(78)80-41-24-27-46-95(80)112-97/h13-64H,1-12H3. The Morgan fingerprint density at radius 3 is 1.23 bits per heavy atom. The Bertz CT molecular complexity index is 6670. The van der Waals surface area contributed by atoms with Gasteiger partial charge in [0.05, 0.1) is 22.4 Å². The molecule has 112 heavy (non-hydrogen) atoms. The van der Waals surface area contributed by atoms with Crippen LogP contribution in [0.2, 0.25) is 0 Å². The predicted octanol–water partition coefficient (Wildman–Crippen LogP) is 27.9. The van der Waals surface area contributed by atoms with Crippen molar-refractivity contribution in [2.45, 2.75) is 105 Å². The number of anilines is 6. The molecule has 0 radical (unpaired) electrons. The Hall–Kier alpha value is -12.6. The summed E-state index contributed by atoms with van der Waals surface area (Å²) in [5.41, 5.74) is 34.6. The molecule has 0 spiro atoms. The van der Waals surface area contributed by atoms with Crippen LogP contribution in [0.1, 0.15) is 105 Å². The highest BCUT2D eigenvalue weighted by Gasteiger charge is 2.47. The van der Waals surface area contributed by atoms with E-state index in [-0.39, 0.29) is 28.4 Å². The molecule has 0 saturated carbocycles. The third-order valence-corrected chi connectivity index (χ3v) is 24.0. The third-order valence-electron chi connectivity index (χ3n) is 24.0. The van der Waals surface area contributed by atoms with E-state index in [1.807, 2.05) is 0 Å². The molecule has 0 saturated heterocycles. The second kappa shape index (κ2) is 25.5. The van der Waals surface area contributed by atoms with Crippen molar-refractivity contribution in [3.8, 4) is 72.4 Å². The quantitative estimate of drug-likeness (QED) is 0.135. The molecular weight excluding hydrogens is 1360 g/mol. The number of hydrogen-bond donors (Lipinski definition) is 0. The van der Waals surface area contributed by atoms with Gasteiger partial charge in [0.1, 0.15) is 22.3 Å². The van der Waals surface area contributed by atoms with Crippen molar-refractivity contribution in [2.75, 3.05) is 9.80 Å². The minimum absolute atomic E-state index is 0.0573. The van der Waals surface area contributed by atoms with Gasteiger partial charge in [-0.2, -0.15) is 0 Å². The number of furan rings is 2. The zero-order valence-corrected chi connectivity index (χ0v) is 65.8. The van der Waals surface area contributed by atoms with E-state index in [0.717, 1.165) is 145 Å². The van der Waals surface area contributed by atoms with E-state index in [2.05, 4.69) is 413 Å². The van der Waals surface area contributed by atoms with Crippen LogP contribution in [0.4, 0.5) is 34.1 Å². The molecule has 5 heterocycles. The molecule has 0 atom stereocenters. The largest absolute Gasteiger partial charge is 0.456 e. The highest BCUT2D eigenvalue weighted by Crippen LogP contribution is 2.57. The molecule has 5 nitrogen and oxygen atoms in total. The van der Waals surface area contributed by atoms with Crippen molar-refractivity contribution in [2.24, 2.45) is 0 Å². The van der Waals surface area contributed by atoms with Crippen LogP contribution in [-0.2, 0) is 21.7 Å². The number of nitrogens with zero attached hydrogens (tertiary/aromatic N) is 3. The third kappa shape index (κ3) is 11.1. The van der Waals surface area contributed by atoms with Crippen LogP contribution < -0.4 is 26.2 Å². The summed E-state index contributed by atoms with van der Waals surface area (Å²) in [6.45, 7) is 28.0. The fraction of sp³-hybridized carbons (Fsp3) is 0.151. The summed E-state index contributed by atoms with van der Waals surface area (Å²) in [5, 5.41) is 6.76. The van der Waals surface area contributed by atoms with Gasteiger partial charge in [0.25, 0.3) is 6.71 Å². The summed E-state index contributed by atoms with van der Waals surface area (Å²) < 4.78 is 16.5. The van der Waals surface area contributed by atoms with Crippen LogP contribution >= 0.6 is 0 Å². The lowest BCUT2D eigenvalue weighted by Gasteiger charge is -2.47. The smallest absolute Gasteiger partial charge is 0.252 e. The normalized spacial score (nSPS) is 13.1. The highest BCUT2D eigenvalue weighted by molar-refractivity contribution is 7.00. The van der Waals surface area contributed by atoms with Gasteiger partial charge in [-0.3, -0.25) is 0 Å². The van der Waals surface area contributed by atoms with Gasteiger partial charge < -0.3 is 23.2 Å². The van der Waals surface area contributed by atoms with Crippen LogP contribution in [0.3, 0.4) is 0 Å². The first-order valence-electron chi connectivity index (χ1n) is 39.6. The van der Waals surface area contributed by atoms with Crippen LogP contribution in [-0.4, -0.2) is 11.3 Å². The minimum Gasteiger partial charge on any atom is -0.456 e. The average Bonchev–Trinajstić information content (AvgIpc) is 0.787. The topological polar surface area (TPSA) is 37.7 Å². The van der Waals surface area contributed by atoms with Gasteiger partial charge in [0, 0.05) is 83.0 Å². The lowest BCUT2D eigenvalue weighted by molar-refractivity contribution is 0.590. The SMILES string of the molecule is CC(C)(C)c1cc(-c2ccccc2)c(N2c3cc(-n4c5ccccc5c5cc(C(C)(C)C)ccc54)ccc3B3c4cc(-c5cccc(-c6ccccc6)c5)ccc4N(c4c(-c5cccc6oc7ccccc7c56)cc(C(C)(C)C)cc4-c4cccc5oc6ccccc6c45)c4cc(C(C)(C)C)cc2c43)c(-c2ccccc2)c1. The van der Waals surface area contributed by atoms with E-state index in [1.54, 1.807) is 0 Å². The first-order valence-corrected chi connectivity index (χ1v) is 39.6. The molecule has 0 bridgehead atoms. The summed E-state index contributed by atoms with van der Waals surface area (Å²) in [6, 6.07) is 119. The molecule has 542 valence electrons. The molecule has 3 aromatic heterocycles. The van der Waals surface area contributed by atoms with E-state index < -0.39 is 0 Å². The van der Waals surface area contributed by atoms with Gasteiger partial charge in [-0.25, -0.2) is 0 Å². The Morgan fingerprint density at radius 2 is 0.679 bits per heavy atom. The summed E-state index contributed by atoms with van der Waals surface area (Å²) in [6.07, 6.45) is 0. The lowest BCUT2D eigenvalue weighted by Crippen LogP contribution is -2.61. The molecule has 2 aliphatic rings. The van der Waals surface area contributed by atoms with E-state index in [0.29, 0.717) is 0 Å². The number of para-hydroxylation sites is 3. The molecular formula is C106H88BN3O2. The van der Waals surface area contributed by atoms with Crippen LogP contribution in [0.15, 0.2) is 324 Å². The maximum atomic E-state index is 6.97. The van der Waals surface area contributed by atoms with E-state index in [4.69, 9.17) is 8.83 Å². The molecule has 0 N–H and O–H groups in total. The van der Waals surface area contributed by atoms with Gasteiger partial charge in [-0.15, -0.1) is 0 Å². The van der Waals surface area contributed by atoms with E-state index >= 15 is 0 Å². The first kappa shape index (κ1) is 68.6. The average molecular weight is 1450 g/mol. The number of hydrogen-bond acceptors (Lipinski definition) is 4. The second-order valence-electron chi connectivity index (χ2n) is 35.2. The van der Waals surface area contributed by atoms with Gasteiger partial charge >= 0.3 is 0 Å². The maximum Gasteiger partial charge on any atom is 0.252 e. The molecule has 15 aromatic carbocycles. The summed E-state index contributed by atoms with van der Waals surface area (Å²) >= 11 is 0. The molecule has 0 unspecified atom stereocenters. The molecule has 0 fully saturated rings. The minimum atomic E-state index is -0.381. The zero-order chi connectivity index (χ0) is 76.4. The van der Waals surface area contributed by atoms with Gasteiger partial charge in [0.2, 0.25) is 0 Å². The fourth-order valence-electron chi connectivity index (χ4n) is 18.1. The molecule has 0 amide bonds. The van der Waals surface area contributed by atoms with E-state index in [9.17, 15) is 0 Å². The van der Waals surface area contributed by atoms with Crippen LogP contribution in [0, 0.1) is 0 Å². The summed E-state index contributed by atoms with van der Waals surface area (Å²) in [7, 11) is 0. The highest BCUT2D eigenvalue weighted by atomic mass is 16.3. The second-order valence-corrected chi connectivity index (χ2v) is 35.2. The predicted molar refractivity (Wildman–Crippen MR) is 477 cm³/mol. The summed E-state index contributed by atoms with van der Waals surface area (Å²) in [4.78, 5) is 5.47. The van der Waals surface area contributed by atoms with Crippen molar-refractivity contribution in [1.82, 2.24) is 4.57 Å². The molecule has 20 rings (SSSR count). The van der Waals surface area contributed by atoms with Gasteiger partial charge in [0.15, 0.2) is 0 Å². The van der Waals surface area contributed by atoms with Crippen molar-refractivity contribution >= 4 is 123 Å². The number of rotatable bonds is 9. The fourth-order valence-corrected chi connectivity index (χ4v) is 18.1. The van der Waals surface area contributed by atoms with Crippen LogP contribution in [0.25, 0.3) is 138 Å². The van der Waals surface area contributed by atoms with Gasteiger partial charge in [-0.1, -0.05) is 295 Å². The maximum absolute atomic E-state index is 6.97. The van der Waals surface area contributed by atoms with Gasteiger partial charge in [-0.05, 0) is 208 Å². The Kier molecular flexibility index (Phi) is 15.6. The molecule has 6 heteroatoms. The Labute approximate surface area is 656 Å². The Morgan fingerprint density at radius 1 is 0.250 bits per heavy atom. The zero-order valence-electron chi connectivity index (χ0n) is 65.8. The van der Waals surface area contributed by atoms with Crippen molar-refractivity contribution in [3.05, 3.63) is 338 Å².